The number of nitrogens with one attached hydrogen (secondary N) is 1. The van der Waals surface area contributed by atoms with Gasteiger partial charge in [-0.2, -0.15) is 0 Å². The first-order valence-corrected chi connectivity index (χ1v) is 7.08. The Bertz CT molecular complexity index is 610. The molecule has 1 heterocycles. The summed E-state index contributed by atoms with van der Waals surface area (Å²) in [5, 5.41) is 5.50. The molecule has 0 fully saturated rings. The van der Waals surface area contributed by atoms with Crippen LogP contribution >= 0.6 is 22.9 Å². The highest BCUT2D eigenvalue weighted by atomic mass is 35.5. The van der Waals surface area contributed by atoms with Crippen LogP contribution in [0.3, 0.4) is 0 Å². The highest BCUT2D eigenvalue weighted by Crippen LogP contribution is 2.36. The second kappa shape index (κ2) is 5.57. The Kier molecular flexibility index (Phi) is 4.23. The molecule has 5 heteroatoms. The predicted octanol–water partition coefficient (Wildman–Crippen LogP) is 4.61. The molecule has 0 bridgehead atoms. The molecule has 1 aromatic heterocycles. The molecular weight excluding hydrogens is 288 g/mol. The van der Waals surface area contributed by atoms with Crippen molar-refractivity contribution in [2.24, 2.45) is 0 Å². The molecule has 2 aromatic rings. The van der Waals surface area contributed by atoms with E-state index in [0.717, 1.165) is 10.4 Å². The molecular formula is C14H14ClF2NS. The minimum atomic E-state index is -0.818. The molecule has 1 N–H and O–H groups in total. The summed E-state index contributed by atoms with van der Waals surface area (Å²) in [5.41, 5.74) is 1.51. The van der Waals surface area contributed by atoms with E-state index in [1.807, 2.05) is 12.3 Å². The van der Waals surface area contributed by atoms with Gasteiger partial charge >= 0.3 is 0 Å². The van der Waals surface area contributed by atoms with Crippen LogP contribution in [0.5, 0.6) is 0 Å². The van der Waals surface area contributed by atoms with Crippen LogP contribution in [-0.2, 0) is 0 Å². The number of thiophene rings is 1. The van der Waals surface area contributed by atoms with Crippen molar-refractivity contribution in [3.05, 3.63) is 55.7 Å². The first kappa shape index (κ1) is 14.4. The van der Waals surface area contributed by atoms with Crippen LogP contribution in [0.25, 0.3) is 0 Å². The van der Waals surface area contributed by atoms with E-state index in [1.165, 1.54) is 11.3 Å². The summed E-state index contributed by atoms with van der Waals surface area (Å²) in [7, 11) is 1.70. The number of benzene rings is 1. The van der Waals surface area contributed by atoms with E-state index in [1.54, 1.807) is 26.1 Å². The predicted molar refractivity (Wildman–Crippen MR) is 76.1 cm³/mol. The van der Waals surface area contributed by atoms with E-state index in [9.17, 15) is 8.78 Å². The quantitative estimate of drug-likeness (QED) is 0.873. The molecule has 1 unspecified atom stereocenters. The minimum Gasteiger partial charge on any atom is -0.309 e. The third-order valence-corrected chi connectivity index (χ3v) is 4.87. The van der Waals surface area contributed by atoms with Gasteiger partial charge in [0.25, 0.3) is 0 Å². The van der Waals surface area contributed by atoms with Crippen molar-refractivity contribution in [1.82, 2.24) is 5.32 Å². The molecule has 0 saturated heterocycles. The maximum Gasteiger partial charge on any atom is 0.164 e. The average molecular weight is 302 g/mol. The van der Waals surface area contributed by atoms with Gasteiger partial charge in [0, 0.05) is 10.4 Å². The number of halogens is 3. The second-order valence-corrected chi connectivity index (χ2v) is 5.71. The van der Waals surface area contributed by atoms with Crippen molar-refractivity contribution < 1.29 is 8.78 Å². The SMILES string of the molecule is CNC(c1ccc(C)c(F)c1F)c1scc(C)c1Cl. The Morgan fingerprint density at radius 1 is 1.16 bits per heavy atom. The van der Waals surface area contributed by atoms with Crippen molar-refractivity contribution in [2.45, 2.75) is 19.9 Å². The number of rotatable bonds is 3. The van der Waals surface area contributed by atoms with Crippen LogP contribution in [0.2, 0.25) is 5.02 Å². The normalized spacial score (nSPS) is 12.7. The maximum atomic E-state index is 14.1. The van der Waals surface area contributed by atoms with Crippen molar-refractivity contribution in [3.8, 4) is 0 Å². The van der Waals surface area contributed by atoms with E-state index >= 15 is 0 Å². The van der Waals surface area contributed by atoms with E-state index in [4.69, 9.17) is 11.6 Å². The topological polar surface area (TPSA) is 12.0 Å². The van der Waals surface area contributed by atoms with E-state index in [-0.39, 0.29) is 5.56 Å². The molecule has 2 rings (SSSR count). The van der Waals surface area contributed by atoms with Crippen LogP contribution in [0.4, 0.5) is 8.78 Å². The van der Waals surface area contributed by atoms with Gasteiger partial charge in [-0.1, -0.05) is 23.7 Å². The Morgan fingerprint density at radius 2 is 1.84 bits per heavy atom. The molecule has 0 saturated carbocycles. The highest BCUT2D eigenvalue weighted by Gasteiger charge is 2.23. The Morgan fingerprint density at radius 3 is 2.37 bits per heavy atom. The van der Waals surface area contributed by atoms with Crippen LogP contribution in [0, 0.1) is 25.5 Å². The van der Waals surface area contributed by atoms with Crippen molar-refractivity contribution in [2.75, 3.05) is 7.05 Å². The summed E-state index contributed by atoms with van der Waals surface area (Å²) >= 11 is 7.65. The molecule has 1 nitrogen and oxygen atoms in total. The van der Waals surface area contributed by atoms with E-state index in [2.05, 4.69) is 5.32 Å². The van der Waals surface area contributed by atoms with Crippen molar-refractivity contribution in [3.63, 3.8) is 0 Å². The monoisotopic (exact) mass is 301 g/mol. The van der Waals surface area contributed by atoms with Gasteiger partial charge in [0.05, 0.1) is 11.1 Å². The Hall–Kier alpha value is -0.970. The zero-order valence-corrected chi connectivity index (χ0v) is 12.4. The molecule has 0 aliphatic rings. The zero-order valence-electron chi connectivity index (χ0n) is 10.9. The molecule has 0 radical (unpaired) electrons. The molecule has 0 amide bonds. The fraction of sp³-hybridized carbons (Fsp3) is 0.286. The largest absolute Gasteiger partial charge is 0.309 e. The van der Waals surface area contributed by atoms with Gasteiger partial charge in [-0.05, 0) is 37.4 Å². The summed E-state index contributed by atoms with van der Waals surface area (Å²) in [6.45, 7) is 3.43. The van der Waals surface area contributed by atoms with Crippen LogP contribution in [0.1, 0.15) is 27.6 Å². The Balaban J connectivity index is 2.55. The molecule has 102 valence electrons. The highest BCUT2D eigenvalue weighted by molar-refractivity contribution is 7.10. The fourth-order valence-electron chi connectivity index (χ4n) is 1.96. The molecule has 0 spiro atoms. The van der Waals surface area contributed by atoms with E-state index in [0.29, 0.717) is 10.6 Å². The summed E-state index contributed by atoms with van der Waals surface area (Å²) in [6, 6.07) is 2.73. The van der Waals surface area contributed by atoms with Crippen LogP contribution in [-0.4, -0.2) is 7.05 Å². The lowest BCUT2D eigenvalue weighted by Crippen LogP contribution is -2.19. The van der Waals surface area contributed by atoms with Gasteiger partial charge in [0.15, 0.2) is 11.6 Å². The van der Waals surface area contributed by atoms with Gasteiger partial charge in [-0.15, -0.1) is 11.3 Å². The fourth-order valence-corrected chi connectivity index (χ4v) is 3.39. The first-order chi connectivity index (χ1) is 8.97. The lowest BCUT2D eigenvalue weighted by Gasteiger charge is -2.17. The summed E-state index contributed by atoms with van der Waals surface area (Å²) in [6.07, 6.45) is 0. The summed E-state index contributed by atoms with van der Waals surface area (Å²) in [5.74, 6) is -1.62. The number of hydrogen-bond acceptors (Lipinski definition) is 2. The van der Waals surface area contributed by atoms with Gasteiger partial charge in [0.2, 0.25) is 0 Å². The summed E-state index contributed by atoms with van der Waals surface area (Å²) < 4.78 is 27.7. The third-order valence-electron chi connectivity index (χ3n) is 3.09. The van der Waals surface area contributed by atoms with Crippen molar-refractivity contribution in [1.29, 1.82) is 0 Å². The Labute approximate surface area is 120 Å². The van der Waals surface area contributed by atoms with Gasteiger partial charge in [0.1, 0.15) is 0 Å². The second-order valence-electron chi connectivity index (χ2n) is 4.42. The smallest absolute Gasteiger partial charge is 0.164 e. The molecule has 0 aliphatic carbocycles. The van der Waals surface area contributed by atoms with Gasteiger partial charge in [-0.3, -0.25) is 0 Å². The zero-order chi connectivity index (χ0) is 14.2. The standard InChI is InChI=1S/C14H14ClF2NS/c1-7-4-5-9(12(17)11(7)16)13(18-3)14-10(15)8(2)6-19-14/h4-6,13,18H,1-3H3. The number of hydrogen-bond donors (Lipinski definition) is 1. The third kappa shape index (κ3) is 2.53. The molecule has 0 aliphatic heterocycles. The van der Waals surface area contributed by atoms with Gasteiger partial charge in [-0.25, -0.2) is 8.78 Å². The molecule has 19 heavy (non-hydrogen) atoms. The minimum absolute atomic E-state index is 0.273. The van der Waals surface area contributed by atoms with Crippen LogP contribution in [0.15, 0.2) is 17.5 Å². The maximum absolute atomic E-state index is 14.1. The number of aryl methyl sites for hydroxylation is 2. The molecule has 1 atom stereocenters. The summed E-state index contributed by atoms with van der Waals surface area (Å²) in [4.78, 5) is 0.795. The van der Waals surface area contributed by atoms with Crippen LogP contribution < -0.4 is 5.32 Å². The van der Waals surface area contributed by atoms with Crippen molar-refractivity contribution >= 4 is 22.9 Å². The average Bonchev–Trinajstić information content (AvgIpc) is 2.72. The lowest BCUT2D eigenvalue weighted by atomic mass is 10.0. The van der Waals surface area contributed by atoms with Gasteiger partial charge < -0.3 is 5.32 Å². The lowest BCUT2D eigenvalue weighted by molar-refractivity contribution is 0.483. The first-order valence-electron chi connectivity index (χ1n) is 5.82. The molecule has 1 aromatic carbocycles. The van der Waals surface area contributed by atoms with E-state index < -0.39 is 17.7 Å².